The fourth-order valence-corrected chi connectivity index (χ4v) is 3.59. The van der Waals surface area contributed by atoms with Gasteiger partial charge in [0.1, 0.15) is 10.0 Å². The first kappa shape index (κ1) is 14.2. The van der Waals surface area contributed by atoms with Crippen LogP contribution in [-0.4, -0.2) is 18.3 Å². The van der Waals surface area contributed by atoms with Gasteiger partial charge in [-0.1, -0.05) is 17.4 Å². The van der Waals surface area contributed by atoms with Crippen molar-refractivity contribution in [2.24, 2.45) is 0 Å². The smallest absolute Gasteiger partial charge is 0.304 e. The van der Waals surface area contributed by atoms with E-state index in [2.05, 4.69) is 9.71 Å². The summed E-state index contributed by atoms with van der Waals surface area (Å²) in [6.07, 6.45) is 1.50. The summed E-state index contributed by atoms with van der Waals surface area (Å²) in [4.78, 5) is 13.8. The van der Waals surface area contributed by atoms with E-state index in [4.69, 9.17) is 5.73 Å². The molecule has 106 valence electrons. The Labute approximate surface area is 118 Å². The maximum absolute atomic E-state index is 12.1. The molecule has 2 aromatic heterocycles. The molecule has 0 aliphatic rings. The van der Waals surface area contributed by atoms with Gasteiger partial charge in [0.15, 0.2) is 5.00 Å². The molecule has 0 saturated carbocycles. The largest absolute Gasteiger partial charge is 0.385 e. The summed E-state index contributed by atoms with van der Waals surface area (Å²) in [5.74, 6) is 0.130. The molecule has 2 heterocycles. The minimum Gasteiger partial charge on any atom is -0.385 e. The molecule has 0 aliphatic carbocycles. The number of nitrogen functional groups attached to an aromatic ring is 1. The Balaban J connectivity index is 2.33. The van der Waals surface area contributed by atoms with Crippen LogP contribution in [0.1, 0.15) is 5.56 Å². The molecule has 0 saturated heterocycles. The van der Waals surface area contributed by atoms with E-state index >= 15 is 0 Å². The lowest BCUT2D eigenvalue weighted by Crippen LogP contribution is -2.12. The number of hydrogen-bond acceptors (Lipinski definition) is 7. The summed E-state index contributed by atoms with van der Waals surface area (Å²) in [6, 6.07) is 4.12. The molecule has 0 atom stereocenters. The number of hydrogen-bond donors (Lipinski definition) is 2. The van der Waals surface area contributed by atoms with Crippen LogP contribution in [0.4, 0.5) is 16.5 Å². The van der Waals surface area contributed by atoms with E-state index in [0.29, 0.717) is 11.3 Å². The summed E-state index contributed by atoms with van der Waals surface area (Å²) >= 11 is 0.630. The van der Waals surface area contributed by atoms with Crippen LogP contribution in [0.5, 0.6) is 0 Å². The number of sulfonamides is 1. The van der Waals surface area contributed by atoms with Crippen LogP contribution in [0.25, 0.3) is 0 Å². The third-order valence-corrected chi connectivity index (χ3v) is 5.11. The predicted octanol–water partition coefficient (Wildman–Crippen LogP) is 1.74. The number of nitrogens with two attached hydrogens (primary N) is 1. The summed E-state index contributed by atoms with van der Waals surface area (Å²) in [5.41, 5.74) is 5.88. The first-order valence-electron chi connectivity index (χ1n) is 5.29. The molecule has 0 unspecified atom stereocenters. The highest BCUT2D eigenvalue weighted by molar-refractivity contribution is 7.94. The zero-order valence-corrected chi connectivity index (χ0v) is 11.9. The van der Waals surface area contributed by atoms with Gasteiger partial charge >= 0.3 is 5.69 Å². The number of anilines is 2. The standard InChI is InChI=1S/C10H10N4O4S2/c1-6-2-3-8(12-5-6)13-20(17,18)9-4-7(14(15)16)10(11)19-9/h2-5H,11H2,1H3,(H,12,13). The molecule has 0 fully saturated rings. The van der Waals surface area contributed by atoms with Gasteiger partial charge in [0, 0.05) is 12.3 Å². The molecule has 0 radical (unpaired) electrons. The third-order valence-electron chi connectivity index (χ3n) is 2.33. The number of aryl methyl sites for hydroxylation is 1. The Bertz CT molecular complexity index is 752. The number of nitrogens with one attached hydrogen (secondary N) is 1. The SMILES string of the molecule is Cc1ccc(NS(=O)(=O)c2cc([N+](=O)[O-])c(N)s2)nc1. The van der Waals surface area contributed by atoms with E-state index in [9.17, 15) is 18.5 Å². The van der Waals surface area contributed by atoms with Gasteiger partial charge in [-0.3, -0.25) is 14.8 Å². The highest BCUT2D eigenvalue weighted by Crippen LogP contribution is 2.34. The Hall–Kier alpha value is -2.20. The highest BCUT2D eigenvalue weighted by Gasteiger charge is 2.25. The number of nitro groups is 1. The molecule has 20 heavy (non-hydrogen) atoms. The van der Waals surface area contributed by atoms with Crippen molar-refractivity contribution in [1.29, 1.82) is 0 Å². The molecule has 2 aromatic rings. The Morgan fingerprint density at radius 1 is 1.45 bits per heavy atom. The molecule has 0 aliphatic heterocycles. The van der Waals surface area contributed by atoms with Crippen LogP contribution in [0.3, 0.4) is 0 Å². The van der Waals surface area contributed by atoms with Crippen LogP contribution in [0.15, 0.2) is 28.6 Å². The lowest BCUT2D eigenvalue weighted by atomic mass is 10.3. The Kier molecular flexibility index (Phi) is 3.59. The van der Waals surface area contributed by atoms with Gasteiger partial charge in [0.25, 0.3) is 10.0 Å². The normalized spacial score (nSPS) is 11.2. The van der Waals surface area contributed by atoms with Crippen LogP contribution in [0, 0.1) is 17.0 Å². The van der Waals surface area contributed by atoms with E-state index in [1.54, 1.807) is 6.07 Å². The predicted molar refractivity (Wildman–Crippen MR) is 75.2 cm³/mol. The molecular formula is C10H10N4O4S2. The van der Waals surface area contributed by atoms with Crippen molar-refractivity contribution in [2.45, 2.75) is 11.1 Å². The van der Waals surface area contributed by atoms with Crippen molar-refractivity contribution in [1.82, 2.24) is 4.98 Å². The topological polar surface area (TPSA) is 128 Å². The van der Waals surface area contributed by atoms with E-state index in [-0.39, 0.29) is 15.0 Å². The molecule has 2 rings (SSSR count). The van der Waals surface area contributed by atoms with Gasteiger partial charge in [0.2, 0.25) is 0 Å². The van der Waals surface area contributed by atoms with E-state index in [1.165, 1.54) is 12.3 Å². The zero-order valence-electron chi connectivity index (χ0n) is 10.2. The minimum absolute atomic E-state index is 0.130. The van der Waals surface area contributed by atoms with Crippen LogP contribution >= 0.6 is 11.3 Å². The molecule has 3 N–H and O–H groups in total. The number of rotatable bonds is 4. The van der Waals surface area contributed by atoms with Crippen LogP contribution in [0.2, 0.25) is 0 Å². The van der Waals surface area contributed by atoms with Crippen molar-refractivity contribution >= 4 is 37.9 Å². The fourth-order valence-electron chi connectivity index (χ4n) is 1.36. The van der Waals surface area contributed by atoms with E-state index < -0.39 is 20.6 Å². The van der Waals surface area contributed by atoms with Crippen molar-refractivity contribution < 1.29 is 13.3 Å². The maximum atomic E-state index is 12.1. The highest BCUT2D eigenvalue weighted by atomic mass is 32.2. The molecule has 0 aromatic carbocycles. The minimum atomic E-state index is -3.94. The second-order valence-electron chi connectivity index (χ2n) is 3.90. The number of thiophene rings is 1. The monoisotopic (exact) mass is 314 g/mol. The van der Waals surface area contributed by atoms with Crippen molar-refractivity contribution in [3.8, 4) is 0 Å². The summed E-state index contributed by atoms with van der Waals surface area (Å²) in [7, 11) is -3.94. The second kappa shape index (κ2) is 5.06. The van der Waals surface area contributed by atoms with Gasteiger partial charge in [-0.25, -0.2) is 13.4 Å². The lowest BCUT2D eigenvalue weighted by molar-refractivity contribution is -0.383. The van der Waals surface area contributed by atoms with Gasteiger partial charge in [-0.05, 0) is 18.6 Å². The quantitative estimate of drug-likeness (QED) is 0.653. The third kappa shape index (κ3) is 2.86. The molecular weight excluding hydrogens is 304 g/mol. The number of pyridine rings is 1. The van der Waals surface area contributed by atoms with Crippen molar-refractivity contribution in [3.63, 3.8) is 0 Å². The van der Waals surface area contributed by atoms with Crippen molar-refractivity contribution in [3.05, 3.63) is 40.1 Å². The van der Waals surface area contributed by atoms with Gasteiger partial charge in [0.05, 0.1) is 4.92 Å². The molecule has 0 amide bonds. The molecule has 0 spiro atoms. The average Bonchev–Trinajstić information content (AvgIpc) is 2.75. The zero-order chi connectivity index (χ0) is 14.9. The van der Waals surface area contributed by atoms with Crippen LogP contribution in [-0.2, 0) is 10.0 Å². The molecule has 8 nitrogen and oxygen atoms in total. The first-order chi connectivity index (χ1) is 9.29. The van der Waals surface area contributed by atoms with Gasteiger partial charge in [-0.2, -0.15) is 0 Å². The number of aromatic nitrogens is 1. The maximum Gasteiger partial charge on any atom is 0.304 e. The average molecular weight is 314 g/mol. The summed E-state index contributed by atoms with van der Waals surface area (Å²) in [5, 5.41) is 10.5. The Morgan fingerprint density at radius 3 is 2.65 bits per heavy atom. The second-order valence-corrected chi connectivity index (χ2v) is 6.89. The first-order valence-corrected chi connectivity index (χ1v) is 7.59. The van der Waals surface area contributed by atoms with Gasteiger partial charge in [-0.15, -0.1) is 0 Å². The van der Waals surface area contributed by atoms with Crippen LogP contribution < -0.4 is 10.5 Å². The van der Waals surface area contributed by atoms with Crippen molar-refractivity contribution in [2.75, 3.05) is 10.5 Å². The fraction of sp³-hybridized carbons (Fsp3) is 0.100. The summed E-state index contributed by atoms with van der Waals surface area (Å²) < 4.78 is 26.1. The summed E-state index contributed by atoms with van der Waals surface area (Å²) in [6.45, 7) is 1.81. The molecule has 10 heteroatoms. The Morgan fingerprint density at radius 2 is 2.15 bits per heavy atom. The number of nitrogens with zero attached hydrogens (tertiary/aromatic N) is 2. The van der Waals surface area contributed by atoms with Gasteiger partial charge < -0.3 is 5.73 Å². The van der Waals surface area contributed by atoms with E-state index in [0.717, 1.165) is 11.6 Å². The van der Waals surface area contributed by atoms with E-state index in [1.807, 2.05) is 6.92 Å². The molecule has 0 bridgehead atoms. The lowest BCUT2D eigenvalue weighted by Gasteiger charge is -2.04.